The predicted octanol–water partition coefficient (Wildman–Crippen LogP) is 1.10. The molecule has 0 unspecified atom stereocenters. The van der Waals surface area contributed by atoms with Crippen LogP contribution in [0.4, 0.5) is 4.39 Å². The number of benzene rings is 1. The largest absolute Gasteiger partial charge is 0.345 e. The van der Waals surface area contributed by atoms with Gasteiger partial charge in [0.25, 0.3) is 0 Å². The van der Waals surface area contributed by atoms with E-state index in [2.05, 4.69) is 14.7 Å². The van der Waals surface area contributed by atoms with Gasteiger partial charge in [-0.05, 0) is 37.6 Å². The minimum atomic E-state index is -3.88. The summed E-state index contributed by atoms with van der Waals surface area (Å²) in [6.45, 7) is 3.16. The SMILES string of the molecule is Cc1cnc(CN(C)C(=O)CNS(=O)(=O)c2ccc(F)c(C)c2)[nH]1. The highest BCUT2D eigenvalue weighted by atomic mass is 32.2. The minimum Gasteiger partial charge on any atom is -0.345 e. The van der Waals surface area contributed by atoms with Crippen molar-refractivity contribution in [1.82, 2.24) is 19.6 Å². The lowest BCUT2D eigenvalue weighted by Gasteiger charge is -2.16. The van der Waals surface area contributed by atoms with Gasteiger partial charge in [0.05, 0.1) is 18.0 Å². The van der Waals surface area contributed by atoms with Crippen molar-refractivity contribution in [3.8, 4) is 0 Å². The topological polar surface area (TPSA) is 95.2 Å². The molecular weight excluding hydrogens is 335 g/mol. The number of sulfonamides is 1. The fourth-order valence-corrected chi connectivity index (χ4v) is 3.08. The lowest BCUT2D eigenvalue weighted by molar-refractivity contribution is -0.129. The first-order chi connectivity index (χ1) is 11.2. The summed E-state index contributed by atoms with van der Waals surface area (Å²) in [4.78, 5) is 20.4. The van der Waals surface area contributed by atoms with E-state index in [0.29, 0.717) is 5.82 Å². The van der Waals surface area contributed by atoms with E-state index in [4.69, 9.17) is 0 Å². The Morgan fingerprint density at radius 3 is 2.67 bits per heavy atom. The maximum atomic E-state index is 13.2. The number of nitrogens with zero attached hydrogens (tertiary/aromatic N) is 2. The maximum absolute atomic E-state index is 13.2. The van der Waals surface area contributed by atoms with Crippen LogP contribution in [0, 0.1) is 19.7 Å². The van der Waals surface area contributed by atoms with Crippen LogP contribution in [0.1, 0.15) is 17.1 Å². The first-order valence-electron chi connectivity index (χ1n) is 7.19. The van der Waals surface area contributed by atoms with Gasteiger partial charge in [0.2, 0.25) is 15.9 Å². The average Bonchev–Trinajstić information content (AvgIpc) is 2.92. The third-order valence-electron chi connectivity index (χ3n) is 3.42. The average molecular weight is 354 g/mol. The Bertz CT molecular complexity index is 848. The number of likely N-dealkylation sites (N-methyl/N-ethyl adjacent to an activating group) is 1. The Morgan fingerprint density at radius 2 is 2.08 bits per heavy atom. The Hall–Kier alpha value is -2.26. The summed E-state index contributed by atoms with van der Waals surface area (Å²) in [5, 5.41) is 0. The van der Waals surface area contributed by atoms with E-state index >= 15 is 0 Å². The first kappa shape index (κ1) is 18.1. The molecule has 0 radical (unpaired) electrons. The zero-order chi connectivity index (χ0) is 17.9. The van der Waals surface area contributed by atoms with E-state index in [0.717, 1.165) is 17.8 Å². The summed E-state index contributed by atoms with van der Waals surface area (Å²) in [5.41, 5.74) is 1.09. The maximum Gasteiger partial charge on any atom is 0.241 e. The van der Waals surface area contributed by atoms with Gasteiger partial charge in [0.15, 0.2) is 0 Å². The molecule has 0 saturated carbocycles. The molecule has 7 nitrogen and oxygen atoms in total. The Morgan fingerprint density at radius 1 is 1.38 bits per heavy atom. The molecule has 0 saturated heterocycles. The highest BCUT2D eigenvalue weighted by Gasteiger charge is 2.18. The van der Waals surface area contributed by atoms with Gasteiger partial charge >= 0.3 is 0 Å². The first-order valence-corrected chi connectivity index (χ1v) is 8.67. The van der Waals surface area contributed by atoms with Crippen molar-refractivity contribution in [2.75, 3.05) is 13.6 Å². The standard InChI is InChI=1S/C15H19FN4O3S/c1-10-6-12(4-5-13(10)16)24(22,23)18-8-15(21)20(3)9-14-17-7-11(2)19-14/h4-7,18H,8-9H2,1-3H3,(H,17,19). The number of hydrogen-bond acceptors (Lipinski definition) is 4. The van der Waals surface area contributed by atoms with Gasteiger partial charge in [-0.15, -0.1) is 0 Å². The zero-order valence-electron chi connectivity index (χ0n) is 13.6. The molecule has 1 aromatic carbocycles. The van der Waals surface area contributed by atoms with Crippen molar-refractivity contribution in [2.45, 2.75) is 25.3 Å². The van der Waals surface area contributed by atoms with Crippen LogP contribution in [0.2, 0.25) is 0 Å². The van der Waals surface area contributed by atoms with Crippen LogP contribution >= 0.6 is 0 Å². The van der Waals surface area contributed by atoms with Crippen molar-refractivity contribution in [3.05, 3.63) is 47.3 Å². The third-order valence-corrected chi connectivity index (χ3v) is 4.82. The van der Waals surface area contributed by atoms with Crippen LogP contribution in [-0.2, 0) is 21.4 Å². The number of amides is 1. The smallest absolute Gasteiger partial charge is 0.241 e. The summed E-state index contributed by atoms with van der Waals surface area (Å²) in [7, 11) is -2.33. The summed E-state index contributed by atoms with van der Waals surface area (Å²) in [6, 6.07) is 3.46. The molecular formula is C15H19FN4O3S. The van der Waals surface area contributed by atoms with E-state index in [9.17, 15) is 17.6 Å². The van der Waals surface area contributed by atoms with E-state index in [-0.39, 0.29) is 17.0 Å². The summed E-state index contributed by atoms with van der Waals surface area (Å²) in [6.07, 6.45) is 1.65. The molecule has 2 N–H and O–H groups in total. The molecule has 0 atom stereocenters. The molecule has 0 aliphatic heterocycles. The molecule has 130 valence electrons. The quantitative estimate of drug-likeness (QED) is 0.812. The number of nitrogens with one attached hydrogen (secondary N) is 2. The number of imidazole rings is 1. The molecule has 0 aliphatic carbocycles. The van der Waals surface area contributed by atoms with Gasteiger partial charge in [0, 0.05) is 18.9 Å². The number of carbonyl (C=O) groups excluding carboxylic acids is 1. The molecule has 1 amide bonds. The highest BCUT2D eigenvalue weighted by molar-refractivity contribution is 7.89. The number of halogens is 1. The number of aryl methyl sites for hydroxylation is 2. The van der Waals surface area contributed by atoms with Crippen LogP contribution < -0.4 is 4.72 Å². The second-order valence-corrected chi connectivity index (χ2v) is 7.27. The summed E-state index contributed by atoms with van der Waals surface area (Å²) >= 11 is 0. The van der Waals surface area contributed by atoms with Crippen LogP contribution in [0.25, 0.3) is 0 Å². The zero-order valence-corrected chi connectivity index (χ0v) is 14.4. The molecule has 2 rings (SSSR count). The monoisotopic (exact) mass is 354 g/mol. The van der Waals surface area contributed by atoms with Gasteiger partial charge in [-0.2, -0.15) is 0 Å². The Balaban J connectivity index is 1.97. The van der Waals surface area contributed by atoms with E-state index in [1.54, 1.807) is 13.2 Å². The number of carbonyl (C=O) groups is 1. The second-order valence-electron chi connectivity index (χ2n) is 5.50. The Labute approximate surface area is 140 Å². The second kappa shape index (κ2) is 7.10. The molecule has 0 spiro atoms. The highest BCUT2D eigenvalue weighted by Crippen LogP contribution is 2.14. The molecule has 1 heterocycles. The van der Waals surface area contributed by atoms with E-state index in [1.807, 2.05) is 6.92 Å². The minimum absolute atomic E-state index is 0.0847. The third kappa shape index (κ3) is 4.39. The molecule has 0 bridgehead atoms. The summed E-state index contributed by atoms with van der Waals surface area (Å²) in [5.74, 6) is -0.287. The van der Waals surface area contributed by atoms with Crippen molar-refractivity contribution < 1.29 is 17.6 Å². The van der Waals surface area contributed by atoms with Crippen molar-refractivity contribution in [1.29, 1.82) is 0 Å². The van der Waals surface area contributed by atoms with Gasteiger partial charge in [-0.3, -0.25) is 4.79 Å². The molecule has 9 heteroatoms. The van der Waals surface area contributed by atoms with Crippen molar-refractivity contribution >= 4 is 15.9 Å². The molecule has 1 aromatic heterocycles. The van der Waals surface area contributed by atoms with Crippen molar-refractivity contribution in [3.63, 3.8) is 0 Å². The van der Waals surface area contributed by atoms with Gasteiger partial charge in [0.1, 0.15) is 11.6 Å². The van der Waals surface area contributed by atoms with Crippen LogP contribution in [0.15, 0.2) is 29.3 Å². The predicted molar refractivity (Wildman–Crippen MR) is 86.1 cm³/mol. The fraction of sp³-hybridized carbons (Fsp3) is 0.333. The number of H-pyrrole nitrogens is 1. The Kier molecular flexibility index (Phi) is 5.35. The number of hydrogen-bond donors (Lipinski definition) is 2. The van der Waals surface area contributed by atoms with E-state index < -0.39 is 28.3 Å². The van der Waals surface area contributed by atoms with Crippen molar-refractivity contribution in [2.24, 2.45) is 0 Å². The normalized spacial score (nSPS) is 11.5. The lowest BCUT2D eigenvalue weighted by Crippen LogP contribution is -2.38. The fourth-order valence-electron chi connectivity index (χ4n) is 2.02. The molecule has 0 fully saturated rings. The van der Waals surface area contributed by atoms with Gasteiger partial charge < -0.3 is 9.88 Å². The number of aromatic nitrogens is 2. The summed E-state index contributed by atoms with van der Waals surface area (Å²) < 4.78 is 39.8. The molecule has 2 aromatic rings. The number of rotatable bonds is 6. The van der Waals surface area contributed by atoms with Crippen LogP contribution in [0.5, 0.6) is 0 Å². The molecule has 24 heavy (non-hydrogen) atoms. The van der Waals surface area contributed by atoms with Crippen LogP contribution in [0.3, 0.4) is 0 Å². The van der Waals surface area contributed by atoms with E-state index in [1.165, 1.54) is 17.9 Å². The molecule has 0 aliphatic rings. The van der Waals surface area contributed by atoms with Crippen LogP contribution in [-0.4, -0.2) is 42.8 Å². The lowest BCUT2D eigenvalue weighted by atomic mass is 10.2. The van der Waals surface area contributed by atoms with Gasteiger partial charge in [-0.25, -0.2) is 22.5 Å². The van der Waals surface area contributed by atoms with Gasteiger partial charge in [-0.1, -0.05) is 0 Å². The number of aromatic amines is 1.